The third kappa shape index (κ3) is 5.44. The number of tetrazole rings is 1. The summed E-state index contributed by atoms with van der Waals surface area (Å²) in [7, 11) is 0. The number of aromatic nitrogens is 4. The van der Waals surface area contributed by atoms with E-state index in [9.17, 15) is 4.79 Å². The molecule has 1 aromatic heterocycles. The molecule has 0 radical (unpaired) electrons. The second-order valence-electron chi connectivity index (χ2n) is 7.61. The molecular weight excluding hydrogens is 382 g/mol. The number of carbonyl (C=O) groups is 1. The smallest absolute Gasteiger partial charge is 0.230 e. The third-order valence-corrected chi connectivity index (χ3v) is 5.64. The standard InChI is InChI=1S/C22H27N5OS/c1-15(2)17-10-12-18(13-11-17)21(16(3)4)23-20(28)14-29-22-24-25-26-27(22)19-8-6-5-7-9-19/h5-13,15-16,21H,14H2,1-4H3,(H,23,28). The lowest BCUT2D eigenvalue weighted by Gasteiger charge is -2.23. The van der Waals surface area contributed by atoms with Crippen molar-refractivity contribution >= 4 is 17.7 Å². The lowest BCUT2D eigenvalue weighted by atomic mass is 9.93. The molecule has 0 saturated heterocycles. The van der Waals surface area contributed by atoms with Crippen molar-refractivity contribution in [1.29, 1.82) is 0 Å². The van der Waals surface area contributed by atoms with E-state index in [0.29, 0.717) is 11.1 Å². The summed E-state index contributed by atoms with van der Waals surface area (Å²) in [5.74, 6) is 0.983. The molecule has 0 spiro atoms. The van der Waals surface area contributed by atoms with Crippen molar-refractivity contribution in [3.8, 4) is 5.69 Å². The summed E-state index contributed by atoms with van der Waals surface area (Å²) in [6.07, 6.45) is 0. The molecular formula is C22H27N5OS. The molecule has 7 heteroatoms. The summed E-state index contributed by atoms with van der Waals surface area (Å²) >= 11 is 1.33. The van der Waals surface area contributed by atoms with Gasteiger partial charge in [-0.15, -0.1) is 5.10 Å². The van der Waals surface area contributed by atoms with Gasteiger partial charge in [0.25, 0.3) is 0 Å². The maximum atomic E-state index is 12.6. The molecule has 1 N–H and O–H groups in total. The van der Waals surface area contributed by atoms with Gasteiger partial charge in [-0.2, -0.15) is 4.68 Å². The Balaban J connectivity index is 1.64. The molecule has 0 bridgehead atoms. The molecule has 1 amide bonds. The number of nitrogens with one attached hydrogen (secondary N) is 1. The van der Waals surface area contributed by atoms with Crippen molar-refractivity contribution in [2.75, 3.05) is 5.75 Å². The van der Waals surface area contributed by atoms with Crippen LogP contribution in [0.1, 0.15) is 50.8 Å². The predicted molar refractivity (Wildman–Crippen MR) is 116 cm³/mol. The molecule has 1 heterocycles. The number of thioether (sulfide) groups is 1. The Morgan fingerprint density at radius 3 is 2.28 bits per heavy atom. The number of rotatable bonds is 8. The van der Waals surface area contributed by atoms with Crippen molar-refractivity contribution in [2.45, 2.75) is 44.8 Å². The normalized spacial score (nSPS) is 12.3. The van der Waals surface area contributed by atoms with Crippen molar-refractivity contribution in [2.24, 2.45) is 5.92 Å². The van der Waals surface area contributed by atoms with Crippen LogP contribution in [-0.4, -0.2) is 31.9 Å². The van der Waals surface area contributed by atoms with E-state index in [1.54, 1.807) is 4.68 Å². The first-order chi connectivity index (χ1) is 14.0. The lowest BCUT2D eigenvalue weighted by Crippen LogP contribution is -2.33. The minimum Gasteiger partial charge on any atom is -0.348 e. The highest BCUT2D eigenvalue weighted by atomic mass is 32.2. The van der Waals surface area contributed by atoms with E-state index >= 15 is 0 Å². The number of hydrogen-bond donors (Lipinski definition) is 1. The van der Waals surface area contributed by atoms with Gasteiger partial charge in [0.05, 0.1) is 17.5 Å². The van der Waals surface area contributed by atoms with E-state index in [2.05, 4.69) is 72.8 Å². The Morgan fingerprint density at radius 2 is 1.66 bits per heavy atom. The molecule has 152 valence electrons. The zero-order chi connectivity index (χ0) is 20.8. The number of para-hydroxylation sites is 1. The van der Waals surface area contributed by atoms with Gasteiger partial charge >= 0.3 is 0 Å². The van der Waals surface area contributed by atoms with Gasteiger partial charge in [-0.25, -0.2) is 0 Å². The Hall–Kier alpha value is -2.67. The number of nitrogens with zero attached hydrogens (tertiary/aromatic N) is 4. The minimum atomic E-state index is -0.0377. The van der Waals surface area contributed by atoms with Crippen LogP contribution in [0.3, 0.4) is 0 Å². The summed E-state index contributed by atoms with van der Waals surface area (Å²) in [5, 5.41) is 15.6. The van der Waals surface area contributed by atoms with Crippen LogP contribution in [0.4, 0.5) is 0 Å². The SMILES string of the molecule is CC(C)c1ccc(C(NC(=O)CSc2nnnn2-c2ccccc2)C(C)C)cc1. The monoisotopic (exact) mass is 409 g/mol. The number of benzene rings is 2. The zero-order valence-corrected chi connectivity index (χ0v) is 18.1. The number of carbonyl (C=O) groups excluding carboxylic acids is 1. The largest absolute Gasteiger partial charge is 0.348 e. The molecule has 0 aliphatic rings. The van der Waals surface area contributed by atoms with Gasteiger partial charge in [-0.05, 0) is 45.5 Å². The third-order valence-electron chi connectivity index (χ3n) is 4.72. The first kappa shape index (κ1) is 21.0. The van der Waals surface area contributed by atoms with E-state index < -0.39 is 0 Å². The summed E-state index contributed by atoms with van der Waals surface area (Å²) in [5.41, 5.74) is 3.29. The highest BCUT2D eigenvalue weighted by Crippen LogP contribution is 2.25. The first-order valence-electron chi connectivity index (χ1n) is 9.81. The number of amides is 1. The fourth-order valence-corrected chi connectivity index (χ4v) is 3.77. The van der Waals surface area contributed by atoms with Gasteiger partial charge in [0.1, 0.15) is 0 Å². The molecule has 3 aromatic rings. The van der Waals surface area contributed by atoms with Crippen LogP contribution >= 0.6 is 11.8 Å². The maximum Gasteiger partial charge on any atom is 0.230 e. The Morgan fingerprint density at radius 1 is 1.00 bits per heavy atom. The molecule has 0 fully saturated rings. The van der Waals surface area contributed by atoms with Crippen LogP contribution in [0.15, 0.2) is 59.8 Å². The number of hydrogen-bond acceptors (Lipinski definition) is 5. The zero-order valence-electron chi connectivity index (χ0n) is 17.2. The predicted octanol–water partition coefficient (Wildman–Crippen LogP) is 4.39. The average Bonchev–Trinajstić information content (AvgIpc) is 3.19. The van der Waals surface area contributed by atoms with Crippen molar-refractivity contribution in [3.05, 3.63) is 65.7 Å². The maximum absolute atomic E-state index is 12.6. The molecule has 29 heavy (non-hydrogen) atoms. The minimum absolute atomic E-state index is 0.0329. The summed E-state index contributed by atoms with van der Waals surface area (Å²) in [6, 6.07) is 18.1. The van der Waals surface area contributed by atoms with Gasteiger partial charge in [0.2, 0.25) is 11.1 Å². The molecule has 6 nitrogen and oxygen atoms in total. The van der Waals surface area contributed by atoms with Gasteiger partial charge in [-0.1, -0.05) is 81.9 Å². The summed E-state index contributed by atoms with van der Waals surface area (Å²) in [4.78, 5) is 12.6. The Bertz CT molecular complexity index is 922. The fraction of sp³-hybridized carbons (Fsp3) is 0.364. The van der Waals surface area contributed by atoms with Gasteiger partial charge in [-0.3, -0.25) is 4.79 Å². The van der Waals surface area contributed by atoms with Crippen LogP contribution < -0.4 is 5.32 Å². The van der Waals surface area contributed by atoms with Crippen LogP contribution in [0, 0.1) is 5.92 Å². The van der Waals surface area contributed by atoms with Crippen LogP contribution in [0.2, 0.25) is 0 Å². The van der Waals surface area contributed by atoms with Crippen molar-refractivity contribution in [1.82, 2.24) is 25.5 Å². The van der Waals surface area contributed by atoms with E-state index in [1.807, 2.05) is 30.3 Å². The molecule has 1 unspecified atom stereocenters. The Labute approximate surface area is 176 Å². The molecule has 0 aliphatic carbocycles. The molecule has 3 rings (SSSR count). The van der Waals surface area contributed by atoms with E-state index in [1.165, 1.54) is 17.3 Å². The van der Waals surface area contributed by atoms with Crippen LogP contribution in [0.5, 0.6) is 0 Å². The van der Waals surface area contributed by atoms with E-state index in [-0.39, 0.29) is 23.6 Å². The molecule has 2 aromatic carbocycles. The fourth-order valence-electron chi connectivity index (χ4n) is 3.07. The van der Waals surface area contributed by atoms with E-state index in [0.717, 1.165) is 11.3 Å². The van der Waals surface area contributed by atoms with Crippen molar-refractivity contribution < 1.29 is 4.79 Å². The summed E-state index contributed by atoms with van der Waals surface area (Å²) in [6.45, 7) is 8.59. The summed E-state index contributed by atoms with van der Waals surface area (Å²) < 4.78 is 1.64. The lowest BCUT2D eigenvalue weighted by molar-refractivity contribution is -0.119. The highest BCUT2D eigenvalue weighted by molar-refractivity contribution is 7.99. The van der Waals surface area contributed by atoms with Gasteiger partial charge in [0.15, 0.2) is 0 Å². The van der Waals surface area contributed by atoms with E-state index in [4.69, 9.17) is 0 Å². The van der Waals surface area contributed by atoms with Gasteiger partial charge < -0.3 is 5.32 Å². The molecule has 1 atom stereocenters. The average molecular weight is 410 g/mol. The molecule has 0 saturated carbocycles. The second kappa shape index (κ2) is 9.69. The highest BCUT2D eigenvalue weighted by Gasteiger charge is 2.19. The van der Waals surface area contributed by atoms with Crippen LogP contribution in [-0.2, 0) is 4.79 Å². The quantitative estimate of drug-likeness (QED) is 0.559. The second-order valence-corrected chi connectivity index (χ2v) is 8.55. The van der Waals surface area contributed by atoms with Gasteiger partial charge in [0, 0.05) is 0 Å². The first-order valence-corrected chi connectivity index (χ1v) is 10.8. The molecule has 0 aliphatic heterocycles. The Kier molecular flexibility index (Phi) is 7.04. The van der Waals surface area contributed by atoms with Crippen molar-refractivity contribution in [3.63, 3.8) is 0 Å². The van der Waals surface area contributed by atoms with Crippen LogP contribution in [0.25, 0.3) is 5.69 Å². The topological polar surface area (TPSA) is 72.7 Å².